The second kappa shape index (κ2) is 11.3. The average molecular weight is 486 g/mol. The molecule has 2 fully saturated rings. The first-order valence-corrected chi connectivity index (χ1v) is 12.4. The molecule has 2 heterocycles. The number of imide groups is 1. The second-order valence-electron chi connectivity index (χ2n) is 10.3. The highest BCUT2D eigenvalue weighted by Gasteiger charge is 2.54. The Bertz CT molecular complexity index is 955. The Morgan fingerprint density at radius 3 is 2.34 bits per heavy atom. The van der Waals surface area contributed by atoms with Crippen molar-refractivity contribution in [2.24, 2.45) is 0 Å². The van der Waals surface area contributed by atoms with E-state index in [1.807, 2.05) is 68.9 Å². The van der Waals surface area contributed by atoms with E-state index in [0.29, 0.717) is 45.8 Å². The molecule has 0 aliphatic carbocycles. The van der Waals surface area contributed by atoms with Gasteiger partial charge < -0.3 is 15.1 Å². The van der Waals surface area contributed by atoms with E-state index in [9.17, 15) is 19.2 Å². The minimum Gasteiger partial charge on any atom is -0.353 e. The van der Waals surface area contributed by atoms with Gasteiger partial charge in [0.1, 0.15) is 0 Å². The maximum absolute atomic E-state index is 13.7. The second-order valence-corrected chi connectivity index (χ2v) is 10.3. The van der Waals surface area contributed by atoms with Crippen molar-refractivity contribution in [1.82, 2.24) is 24.9 Å². The van der Waals surface area contributed by atoms with Crippen LogP contribution in [0.15, 0.2) is 24.3 Å². The molecule has 3 rings (SSSR count). The molecule has 1 aromatic rings. The fourth-order valence-electron chi connectivity index (χ4n) is 4.98. The summed E-state index contributed by atoms with van der Waals surface area (Å²) in [6.45, 7) is 9.13. The van der Waals surface area contributed by atoms with Gasteiger partial charge in [-0.1, -0.05) is 24.3 Å². The number of nitrogens with zero attached hydrogens (tertiary/aromatic N) is 4. The Hall–Kier alpha value is -2.78. The summed E-state index contributed by atoms with van der Waals surface area (Å²) in [5, 5.41) is 2.89. The predicted molar refractivity (Wildman–Crippen MR) is 134 cm³/mol. The Kier molecular flexibility index (Phi) is 8.66. The first kappa shape index (κ1) is 26.8. The maximum Gasteiger partial charge on any atom is 0.240 e. The number of carbonyl (C=O) groups is 4. The van der Waals surface area contributed by atoms with Gasteiger partial charge in [-0.15, -0.1) is 0 Å². The lowest BCUT2D eigenvalue weighted by Crippen LogP contribution is -2.53. The van der Waals surface area contributed by atoms with E-state index in [2.05, 4.69) is 5.32 Å². The molecular weight excluding hydrogens is 446 g/mol. The number of likely N-dealkylation sites (tertiary alicyclic amines) is 1. The monoisotopic (exact) mass is 485 g/mol. The van der Waals surface area contributed by atoms with Crippen molar-refractivity contribution in [1.29, 1.82) is 0 Å². The first-order valence-electron chi connectivity index (χ1n) is 12.4. The van der Waals surface area contributed by atoms with Crippen LogP contribution in [-0.2, 0) is 24.6 Å². The van der Waals surface area contributed by atoms with Crippen molar-refractivity contribution in [2.45, 2.75) is 45.1 Å². The molecule has 0 bridgehead atoms. The minimum absolute atomic E-state index is 0.00515. The van der Waals surface area contributed by atoms with Crippen molar-refractivity contribution in [3.8, 4) is 0 Å². The Morgan fingerprint density at radius 2 is 1.74 bits per heavy atom. The van der Waals surface area contributed by atoms with Crippen molar-refractivity contribution in [3.63, 3.8) is 0 Å². The summed E-state index contributed by atoms with van der Waals surface area (Å²) in [6, 6.07) is 7.63. The van der Waals surface area contributed by atoms with Gasteiger partial charge in [0.05, 0.1) is 12.0 Å². The van der Waals surface area contributed by atoms with Gasteiger partial charge in [0, 0.05) is 58.2 Å². The number of carbonyl (C=O) groups excluding carboxylic acids is 4. The first-order chi connectivity index (χ1) is 16.5. The number of benzene rings is 1. The fraction of sp³-hybridized carbons (Fsp3) is 0.615. The zero-order valence-electron chi connectivity index (χ0n) is 21.7. The van der Waals surface area contributed by atoms with Crippen LogP contribution in [0.5, 0.6) is 0 Å². The van der Waals surface area contributed by atoms with E-state index in [0.717, 1.165) is 11.1 Å². The number of amides is 4. The van der Waals surface area contributed by atoms with Gasteiger partial charge in [0.25, 0.3) is 0 Å². The molecule has 9 heteroatoms. The molecule has 0 saturated carbocycles. The lowest BCUT2D eigenvalue weighted by atomic mass is 9.74. The van der Waals surface area contributed by atoms with Gasteiger partial charge in [-0.2, -0.15) is 0 Å². The van der Waals surface area contributed by atoms with Crippen molar-refractivity contribution < 1.29 is 19.2 Å². The quantitative estimate of drug-likeness (QED) is 0.516. The molecule has 9 nitrogen and oxygen atoms in total. The van der Waals surface area contributed by atoms with Crippen LogP contribution in [0.3, 0.4) is 0 Å². The van der Waals surface area contributed by atoms with Gasteiger partial charge in [0.15, 0.2) is 0 Å². The summed E-state index contributed by atoms with van der Waals surface area (Å²) in [4.78, 5) is 59.4. The molecule has 2 aliphatic rings. The number of hydrogen-bond donors (Lipinski definition) is 1. The molecule has 192 valence electrons. The van der Waals surface area contributed by atoms with Crippen molar-refractivity contribution >= 4 is 23.6 Å². The van der Waals surface area contributed by atoms with Gasteiger partial charge in [-0.3, -0.25) is 29.0 Å². The summed E-state index contributed by atoms with van der Waals surface area (Å²) in [5.41, 5.74) is 0.472. The molecular formula is C26H39N5O4. The Balaban J connectivity index is 1.75. The number of likely N-dealkylation sites (N-methyl/N-ethyl adjacent to an activating group) is 1. The van der Waals surface area contributed by atoms with E-state index < -0.39 is 5.41 Å². The Morgan fingerprint density at radius 1 is 1.09 bits per heavy atom. The largest absolute Gasteiger partial charge is 0.353 e. The SMILES string of the molecule is Cc1ccccc1[C@]1(CC(=O)N2CCN(CC(=O)NC(C)C)CC2)CC(=O)N(CCN(C)C)C1=O. The van der Waals surface area contributed by atoms with Crippen LogP contribution < -0.4 is 5.32 Å². The van der Waals surface area contributed by atoms with Gasteiger partial charge in [0.2, 0.25) is 23.6 Å². The third-order valence-corrected chi connectivity index (χ3v) is 6.83. The van der Waals surface area contributed by atoms with Crippen LogP contribution in [0.25, 0.3) is 0 Å². The number of aryl methyl sites for hydroxylation is 1. The van der Waals surface area contributed by atoms with E-state index >= 15 is 0 Å². The van der Waals surface area contributed by atoms with Gasteiger partial charge in [-0.05, 0) is 46.0 Å². The summed E-state index contributed by atoms with van der Waals surface area (Å²) in [6.07, 6.45) is -0.0279. The van der Waals surface area contributed by atoms with E-state index in [-0.39, 0.29) is 42.5 Å². The fourth-order valence-corrected chi connectivity index (χ4v) is 4.98. The van der Waals surface area contributed by atoms with Crippen LogP contribution in [0, 0.1) is 6.92 Å². The third kappa shape index (κ3) is 6.27. The molecule has 35 heavy (non-hydrogen) atoms. The minimum atomic E-state index is -1.18. The van der Waals surface area contributed by atoms with E-state index in [4.69, 9.17) is 0 Å². The summed E-state index contributed by atoms with van der Waals surface area (Å²) >= 11 is 0. The van der Waals surface area contributed by atoms with Crippen LogP contribution in [0.1, 0.15) is 37.8 Å². The summed E-state index contributed by atoms with van der Waals surface area (Å²) in [7, 11) is 3.80. The molecule has 0 unspecified atom stereocenters. The Labute approximate surface area is 208 Å². The molecule has 0 radical (unpaired) electrons. The van der Waals surface area contributed by atoms with Gasteiger partial charge in [-0.25, -0.2) is 0 Å². The topological polar surface area (TPSA) is 93.3 Å². The highest BCUT2D eigenvalue weighted by molar-refractivity contribution is 6.11. The normalized spacial score (nSPS) is 21.3. The standard InChI is InChI=1S/C26H39N5O4/c1-19(2)27-22(32)18-29-11-13-30(14-12-29)23(33)16-26(21-9-7-6-8-20(21)3)17-24(34)31(25(26)35)15-10-28(4)5/h6-9,19H,10-18H2,1-5H3,(H,27,32)/t26-/m0/s1. The van der Waals surface area contributed by atoms with Gasteiger partial charge >= 0.3 is 0 Å². The van der Waals surface area contributed by atoms with Crippen molar-refractivity contribution in [3.05, 3.63) is 35.4 Å². The van der Waals surface area contributed by atoms with Crippen molar-refractivity contribution in [2.75, 3.05) is 59.9 Å². The smallest absolute Gasteiger partial charge is 0.240 e. The third-order valence-electron chi connectivity index (χ3n) is 6.83. The zero-order valence-corrected chi connectivity index (χ0v) is 21.7. The summed E-state index contributed by atoms with van der Waals surface area (Å²) in [5.74, 6) is -0.661. The zero-order chi connectivity index (χ0) is 25.8. The molecule has 1 atom stereocenters. The molecule has 4 amide bonds. The molecule has 1 aromatic carbocycles. The van der Waals surface area contributed by atoms with Crippen LogP contribution in [0.4, 0.5) is 0 Å². The molecule has 2 aliphatic heterocycles. The molecule has 0 aromatic heterocycles. The van der Waals surface area contributed by atoms with Crippen LogP contribution in [-0.4, -0.2) is 109 Å². The predicted octanol–water partition coefficient (Wildman–Crippen LogP) is 0.612. The number of hydrogen-bond acceptors (Lipinski definition) is 6. The lowest BCUT2D eigenvalue weighted by Gasteiger charge is -2.36. The van der Waals surface area contributed by atoms with Crippen LogP contribution in [0.2, 0.25) is 0 Å². The molecule has 2 saturated heterocycles. The maximum atomic E-state index is 13.7. The highest BCUT2D eigenvalue weighted by Crippen LogP contribution is 2.41. The van der Waals surface area contributed by atoms with E-state index in [1.165, 1.54) is 4.90 Å². The highest BCUT2D eigenvalue weighted by atomic mass is 16.2. The van der Waals surface area contributed by atoms with Crippen LogP contribution >= 0.6 is 0 Å². The number of rotatable bonds is 9. The molecule has 0 spiro atoms. The average Bonchev–Trinajstić information content (AvgIpc) is 3.01. The summed E-state index contributed by atoms with van der Waals surface area (Å²) < 4.78 is 0. The van der Waals surface area contributed by atoms with E-state index in [1.54, 1.807) is 4.90 Å². The molecule has 1 N–H and O–H groups in total. The lowest BCUT2D eigenvalue weighted by molar-refractivity contribution is -0.143. The number of nitrogens with one attached hydrogen (secondary N) is 1. The number of piperazine rings is 1.